The van der Waals surface area contributed by atoms with Gasteiger partial charge >= 0.3 is 0 Å². The minimum Gasteiger partial charge on any atom is -0.330 e. The summed E-state index contributed by atoms with van der Waals surface area (Å²) < 4.78 is 0. The van der Waals surface area contributed by atoms with Gasteiger partial charge in [-0.2, -0.15) is 0 Å². The zero-order chi connectivity index (χ0) is 12.8. The molecule has 106 valence electrons. The van der Waals surface area contributed by atoms with Crippen LogP contribution in [-0.2, 0) is 0 Å². The lowest BCUT2D eigenvalue weighted by atomic mass is 10.1. The summed E-state index contributed by atoms with van der Waals surface area (Å²) >= 11 is 0. The molecule has 0 aromatic carbocycles. The molecule has 2 saturated heterocycles. The van der Waals surface area contributed by atoms with Gasteiger partial charge in [0.1, 0.15) is 0 Å². The second-order valence-electron chi connectivity index (χ2n) is 6.33. The van der Waals surface area contributed by atoms with E-state index in [0.717, 1.165) is 18.5 Å². The van der Waals surface area contributed by atoms with Crippen LogP contribution in [0, 0.1) is 5.92 Å². The zero-order valence-electron chi connectivity index (χ0n) is 12.1. The van der Waals surface area contributed by atoms with E-state index in [1.807, 2.05) is 0 Å². The predicted octanol–water partition coefficient (Wildman–Crippen LogP) is 1.92. The number of hydrogen-bond acceptors (Lipinski definition) is 3. The molecule has 0 aromatic heterocycles. The lowest BCUT2D eigenvalue weighted by Crippen LogP contribution is -2.41. The highest BCUT2D eigenvalue weighted by Crippen LogP contribution is 2.21. The van der Waals surface area contributed by atoms with Crippen molar-refractivity contribution in [3.63, 3.8) is 0 Å². The van der Waals surface area contributed by atoms with Gasteiger partial charge in [-0.3, -0.25) is 4.90 Å². The van der Waals surface area contributed by atoms with Crippen molar-refractivity contribution in [1.29, 1.82) is 0 Å². The van der Waals surface area contributed by atoms with Gasteiger partial charge in [0, 0.05) is 19.1 Å². The summed E-state index contributed by atoms with van der Waals surface area (Å²) in [6.07, 6.45) is 8.16. The minimum atomic E-state index is 0.814. The number of hydrogen-bond donors (Lipinski definition) is 1. The third-order valence-corrected chi connectivity index (χ3v) is 4.63. The van der Waals surface area contributed by atoms with Gasteiger partial charge in [-0.25, -0.2) is 0 Å². The number of piperidine rings is 1. The Morgan fingerprint density at radius 2 is 1.94 bits per heavy atom. The van der Waals surface area contributed by atoms with Crippen LogP contribution in [0.25, 0.3) is 0 Å². The molecular weight excluding hydrogens is 222 g/mol. The summed E-state index contributed by atoms with van der Waals surface area (Å²) in [6, 6.07) is 0.854. The van der Waals surface area contributed by atoms with E-state index < -0.39 is 0 Å². The average Bonchev–Trinajstić information content (AvgIpc) is 2.86. The Balaban J connectivity index is 1.67. The molecule has 2 N–H and O–H groups in total. The summed E-state index contributed by atoms with van der Waals surface area (Å²) in [7, 11) is 0. The maximum Gasteiger partial charge on any atom is 0.0235 e. The summed E-state index contributed by atoms with van der Waals surface area (Å²) in [6.45, 7) is 9.83. The quantitative estimate of drug-likeness (QED) is 0.785. The third-order valence-electron chi connectivity index (χ3n) is 4.63. The second-order valence-corrected chi connectivity index (χ2v) is 6.33. The zero-order valence-corrected chi connectivity index (χ0v) is 12.1. The normalized spacial score (nSPS) is 28.7. The first kappa shape index (κ1) is 14.3. The van der Waals surface area contributed by atoms with E-state index in [4.69, 9.17) is 5.73 Å². The molecule has 2 aliphatic heterocycles. The molecule has 0 aromatic rings. The van der Waals surface area contributed by atoms with Gasteiger partial charge in [-0.05, 0) is 64.2 Å². The van der Waals surface area contributed by atoms with Crippen LogP contribution in [0.1, 0.15) is 45.4 Å². The molecule has 2 fully saturated rings. The van der Waals surface area contributed by atoms with Gasteiger partial charge in [0.2, 0.25) is 0 Å². The van der Waals surface area contributed by atoms with Gasteiger partial charge in [-0.15, -0.1) is 0 Å². The van der Waals surface area contributed by atoms with Gasteiger partial charge in [0.05, 0.1) is 0 Å². The smallest absolute Gasteiger partial charge is 0.0235 e. The molecular formula is C15H31N3. The molecule has 2 heterocycles. The van der Waals surface area contributed by atoms with E-state index in [9.17, 15) is 0 Å². The van der Waals surface area contributed by atoms with Crippen molar-refractivity contribution < 1.29 is 0 Å². The van der Waals surface area contributed by atoms with Crippen molar-refractivity contribution in [3.8, 4) is 0 Å². The van der Waals surface area contributed by atoms with Crippen LogP contribution >= 0.6 is 0 Å². The fraction of sp³-hybridized carbons (Fsp3) is 1.00. The van der Waals surface area contributed by atoms with E-state index >= 15 is 0 Å². The molecule has 0 aliphatic carbocycles. The molecule has 2 atom stereocenters. The monoisotopic (exact) mass is 253 g/mol. The first-order valence-corrected chi connectivity index (χ1v) is 7.96. The molecule has 0 spiro atoms. The highest BCUT2D eigenvalue weighted by atomic mass is 15.3. The van der Waals surface area contributed by atoms with Gasteiger partial charge < -0.3 is 10.6 Å². The average molecular weight is 253 g/mol. The van der Waals surface area contributed by atoms with Crippen LogP contribution in [0.4, 0.5) is 0 Å². The molecule has 0 bridgehead atoms. The van der Waals surface area contributed by atoms with E-state index in [1.165, 1.54) is 71.2 Å². The maximum absolute atomic E-state index is 5.58. The first-order chi connectivity index (χ1) is 8.79. The first-order valence-electron chi connectivity index (χ1n) is 7.96. The SMILES string of the molecule is CC(CCCN)CN1CCC(N2CCCCC2)C1. The van der Waals surface area contributed by atoms with Gasteiger partial charge in [0.15, 0.2) is 0 Å². The lowest BCUT2D eigenvalue weighted by molar-refractivity contribution is 0.158. The van der Waals surface area contributed by atoms with Crippen LogP contribution in [0.5, 0.6) is 0 Å². The Hall–Kier alpha value is -0.120. The summed E-state index contributed by atoms with van der Waals surface area (Å²) in [5.41, 5.74) is 5.58. The number of likely N-dealkylation sites (tertiary alicyclic amines) is 2. The summed E-state index contributed by atoms with van der Waals surface area (Å²) in [5.74, 6) is 0.814. The van der Waals surface area contributed by atoms with Crippen LogP contribution < -0.4 is 5.73 Å². The Morgan fingerprint density at radius 3 is 2.67 bits per heavy atom. The van der Waals surface area contributed by atoms with E-state index in [1.54, 1.807) is 0 Å². The standard InChI is InChI=1S/C15H31N3/c1-14(6-5-8-16)12-17-11-7-15(13-17)18-9-3-2-4-10-18/h14-15H,2-13,16H2,1H3. The Morgan fingerprint density at radius 1 is 1.17 bits per heavy atom. The molecule has 2 unspecified atom stereocenters. The van der Waals surface area contributed by atoms with E-state index in [2.05, 4.69) is 16.7 Å². The Bertz CT molecular complexity index is 226. The van der Waals surface area contributed by atoms with Crippen molar-refractivity contribution in [1.82, 2.24) is 9.80 Å². The molecule has 18 heavy (non-hydrogen) atoms. The Kier molecular flexibility index (Phi) is 5.93. The fourth-order valence-corrected chi connectivity index (χ4v) is 3.56. The highest BCUT2D eigenvalue weighted by molar-refractivity contribution is 4.85. The van der Waals surface area contributed by atoms with Crippen LogP contribution in [0.2, 0.25) is 0 Å². The number of rotatable bonds is 6. The third kappa shape index (κ3) is 4.22. The Labute approximate surface area is 113 Å². The molecule has 2 rings (SSSR count). The van der Waals surface area contributed by atoms with Crippen molar-refractivity contribution in [2.45, 2.75) is 51.5 Å². The van der Waals surface area contributed by atoms with Gasteiger partial charge in [0.25, 0.3) is 0 Å². The van der Waals surface area contributed by atoms with Gasteiger partial charge in [-0.1, -0.05) is 13.3 Å². The lowest BCUT2D eigenvalue weighted by Gasteiger charge is -2.32. The molecule has 2 aliphatic rings. The van der Waals surface area contributed by atoms with Crippen LogP contribution in [-0.4, -0.2) is 55.1 Å². The fourth-order valence-electron chi connectivity index (χ4n) is 3.56. The van der Waals surface area contributed by atoms with E-state index in [-0.39, 0.29) is 0 Å². The minimum absolute atomic E-state index is 0.814. The van der Waals surface area contributed by atoms with Crippen molar-refractivity contribution in [3.05, 3.63) is 0 Å². The van der Waals surface area contributed by atoms with Crippen LogP contribution in [0.3, 0.4) is 0 Å². The summed E-state index contributed by atoms with van der Waals surface area (Å²) in [5, 5.41) is 0. The van der Waals surface area contributed by atoms with Crippen molar-refractivity contribution in [2.24, 2.45) is 11.7 Å². The van der Waals surface area contributed by atoms with Crippen LogP contribution in [0.15, 0.2) is 0 Å². The molecule has 3 heteroatoms. The number of nitrogens with two attached hydrogens (primary N) is 1. The predicted molar refractivity (Wildman–Crippen MR) is 77.7 cm³/mol. The highest BCUT2D eigenvalue weighted by Gasteiger charge is 2.28. The second kappa shape index (κ2) is 7.46. The van der Waals surface area contributed by atoms with Crippen molar-refractivity contribution in [2.75, 3.05) is 39.3 Å². The molecule has 0 radical (unpaired) electrons. The maximum atomic E-state index is 5.58. The molecule has 3 nitrogen and oxygen atoms in total. The number of nitrogens with zero attached hydrogens (tertiary/aromatic N) is 2. The van der Waals surface area contributed by atoms with Crippen molar-refractivity contribution >= 4 is 0 Å². The summed E-state index contributed by atoms with van der Waals surface area (Å²) in [4.78, 5) is 5.43. The molecule has 0 saturated carbocycles. The molecule has 0 amide bonds. The van der Waals surface area contributed by atoms with E-state index in [0.29, 0.717) is 0 Å². The largest absolute Gasteiger partial charge is 0.330 e. The topological polar surface area (TPSA) is 32.5 Å².